The van der Waals surface area contributed by atoms with Crippen LogP contribution in [0.4, 0.5) is 0 Å². The van der Waals surface area contributed by atoms with Crippen LogP contribution in [-0.4, -0.2) is 16.1 Å². The van der Waals surface area contributed by atoms with Gasteiger partial charge in [-0.25, -0.2) is 9.78 Å². The Hall–Kier alpha value is -1.88. The van der Waals surface area contributed by atoms with Gasteiger partial charge in [-0.15, -0.1) is 0 Å². The lowest BCUT2D eigenvalue weighted by Gasteiger charge is -2.08. The van der Waals surface area contributed by atoms with Crippen LogP contribution in [0.3, 0.4) is 0 Å². The van der Waals surface area contributed by atoms with Gasteiger partial charge >= 0.3 is 5.97 Å². The number of halogens is 1. The molecule has 0 radical (unpaired) electrons. The first-order valence-corrected chi connectivity index (χ1v) is 6.00. The van der Waals surface area contributed by atoms with E-state index in [9.17, 15) is 4.79 Å². The molecule has 0 aliphatic heterocycles. The molecule has 18 heavy (non-hydrogen) atoms. The maximum Gasteiger partial charge on any atom is 0.354 e. The molecule has 0 atom stereocenters. The maximum absolute atomic E-state index is 10.8. The van der Waals surface area contributed by atoms with Gasteiger partial charge in [0, 0.05) is 10.5 Å². The average Bonchev–Trinajstić information content (AvgIpc) is 2.34. The molecule has 0 aliphatic rings. The molecule has 1 aromatic heterocycles. The van der Waals surface area contributed by atoms with Crippen LogP contribution in [0.25, 0.3) is 0 Å². The summed E-state index contributed by atoms with van der Waals surface area (Å²) < 4.78 is 6.46. The molecule has 2 aromatic rings. The number of carboxylic acids is 1. The molecule has 1 N–H and O–H groups in total. The van der Waals surface area contributed by atoms with Crippen LogP contribution in [-0.2, 0) is 0 Å². The molecule has 0 spiro atoms. The zero-order valence-corrected chi connectivity index (χ0v) is 11.1. The van der Waals surface area contributed by atoms with E-state index in [1.165, 1.54) is 6.07 Å². The van der Waals surface area contributed by atoms with Gasteiger partial charge in [0.1, 0.15) is 5.75 Å². The van der Waals surface area contributed by atoms with Gasteiger partial charge in [-0.1, -0.05) is 28.1 Å². The Bertz CT molecular complexity index is 599. The van der Waals surface area contributed by atoms with Crippen molar-refractivity contribution in [2.75, 3.05) is 0 Å². The first-order chi connectivity index (χ1) is 8.56. The Morgan fingerprint density at radius 2 is 2.11 bits per heavy atom. The van der Waals surface area contributed by atoms with Crippen molar-refractivity contribution in [2.45, 2.75) is 6.92 Å². The van der Waals surface area contributed by atoms with E-state index in [2.05, 4.69) is 20.9 Å². The van der Waals surface area contributed by atoms with Crippen molar-refractivity contribution in [3.05, 3.63) is 52.1 Å². The Labute approximate surface area is 112 Å². The molecule has 0 aliphatic carbocycles. The highest BCUT2D eigenvalue weighted by molar-refractivity contribution is 9.10. The van der Waals surface area contributed by atoms with Gasteiger partial charge < -0.3 is 9.84 Å². The van der Waals surface area contributed by atoms with Crippen LogP contribution < -0.4 is 4.74 Å². The van der Waals surface area contributed by atoms with E-state index in [1.54, 1.807) is 12.1 Å². The molecule has 0 fully saturated rings. The molecule has 2 rings (SSSR count). The molecule has 4 nitrogen and oxygen atoms in total. The molecule has 5 heteroatoms. The van der Waals surface area contributed by atoms with Crippen LogP contribution in [0.5, 0.6) is 11.6 Å². The number of rotatable bonds is 3. The number of aromatic carboxylic acids is 1. The zero-order chi connectivity index (χ0) is 13.1. The predicted octanol–water partition coefficient (Wildman–Crippen LogP) is 3.64. The van der Waals surface area contributed by atoms with Crippen LogP contribution in [0, 0.1) is 6.92 Å². The van der Waals surface area contributed by atoms with Crippen molar-refractivity contribution in [1.82, 2.24) is 4.98 Å². The third-order valence-corrected chi connectivity index (χ3v) is 2.80. The standard InChI is InChI=1S/C13H10BrNO3/c1-8-5-6-9(14)7-11(8)18-12-4-2-3-10(15-12)13(16)17/h2-7H,1H3,(H,16,17). The largest absolute Gasteiger partial charge is 0.477 e. The molecule has 92 valence electrons. The number of carbonyl (C=O) groups is 1. The minimum atomic E-state index is -1.08. The minimum absolute atomic E-state index is 0.0415. The third-order valence-electron chi connectivity index (χ3n) is 2.31. The number of ether oxygens (including phenoxy) is 1. The minimum Gasteiger partial charge on any atom is -0.477 e. The van der Waals surface area contributed by atoms with Crippen molar-refractivity contribution in [1.29, 1.82) is 0 Å². The maximum atomic E-state index is 10.8. The predicted molar refractivity (Wildman–Crippen MR) is 70.1 cm³/mol. The van der Waals surface area contributed by atoms with Gasteiger partial charge in [0.2, 0.25) is 5.88 Å². The lowest BCUT2D eigenvalue weighted by atomic mass is 10.2. The molecule has 0 saturated carbocycles. The number of pyridine rings is 1. The van der Waals surface area contributed by atoms with Gasteiger partial charge in [-0.2, -0.15) is 0 Å². The molecular formula is C13H10BrNO3. The summed E-state index contributed by atoms with van der Waals surface area (Å²) in [5.74, 6) is -0.179. The van der Waals surface area contributed by atoms with Gasteiger partial charge in [0.15, 0.2) is 5.69 Å². The van der Waals surface area contributed by atoms with Gasteiger partial charge in [0.25, 0.3) is 0 Å². The van der Waals surface area contributed by atoms with E-state index < -0.39 is 5.97 Å². The smallest absolute Gasteiger partial charge is 0.354 e. The molecule has 1 heterocycles. The fraction of sp³-hybridized carbons (Fsp3) is 0.0769. The van der Waals surface area contributed by atoms with Gasteiger partial charge in [-0.05, 0) is 30.7 Å². The van der Waals surface area contributed by atoms with E-state index in [4.69, 9.17) is 9.84 Å². The summed E-state index contributed by atoms with van der Waals surface area (Å²) in [5.41, 5.74) is 0.904. The van der Waals surface area contributed by atoms with Crippen molar-refractivity contribution < 1.29 is 14.6 Å². The molecule has 0 bridgehead atoms. The van der Waals surface area contributed by atoms with E-state index in [0.717, 1.165) is 10.0 Å². The van der Waals surface area contributed by atoms with E-state index in [1.807, 2.05) is 25.1 Å². The normalized spacial score (nSPS) is 10.1. The number of aryl methyl sites for hydroxylation is 1. The monoisotopic (exact) mass is 307 g/mol. The fourth-order valence-corrected chi connectivity index (χ4v) is 1.73. The fourth-order valence-electron chi connectivity index (χ4n) is 1.39. The Balaban J connectivity index is 2.31. The summed E-state index contributed by atoms with van der Waals surface area (Å²) in [5, 5.41) is 8.85. The highest BCUT2D eigenvalue weighted by Crippen LogP contribution is 2.27. The summed E-state index contributed by atoms with van der Waals surface area (Å²) in [6, 6.07) is 10.3. The van der Waals surface area contributed by atoms with Gasteiger partial charge in [-0.3, -0.25) is 0 Å². The first kappa shape index (κ1) is 12.6. The van der Waals surface area contributed by atoms with E-state index in [-0.39, 0.29) is 11.6 Å². The summed E-state index contributed by atoms with van der Waals surface area (Å²) in [6.45, 7) is 1.91. The number of hydrogen-bond acceptors (Lipinski definition) is 3. The second-order valence-corrected chi connectivity index (χ2v) is 4.59. The summed E-state index contributed by atoms with van der Waals surface area (Å²) in [7, 11) is 0. The highest BCUT2D eigenvalue weighted by atomic mass is 79.9. The number of nitrogens with zero attached hydrogens (tertiary/aromatic N) is 1. The summed E-state index contributed by atoms with van der Waals surface area (Å²) >= 11 is 3.35. The highest BCUT2D eigenvalue weighted by Gasteiger charge is 2.08. The topological polar surface area (TPSA) is 59.4 Å². The summed E-state index contributed by atoms with van der Waals surface area (Å²) in [6.07, 6.45) is 0. The molecule has 0 saturated heterocycles. The van der Waals surface area contributed by atoms with Crippen LogP contribution >= 0.6 is 15.9 Å². The average molecular weight is 308 g/mol. The van der Waals surface area contributed by atoms with Gasteiger partial charge in [0.05, 0.1) is 0 Å². The summed E-state index contributed by atoms with van der Waals surface area (Å²) in [4.78, 5) is 14.7. The van der Waals surface area contributed by atoms with Crippen LogP contribution in [0.1, 0.15) is 16.1 Å². The number of hydrogen-bond donors (Lipinski definition) is 1. The Morgan fingerprint density at radius 1 is 1.33 bits per heavy atom. The Morgan fingerprint density at radius 3 is 2.83 bits per heavy atom. The number of aromatic nitrogens is 1. The second-order valence-electron chi connectivity index (χ2n) is 3.68. The van der Waals surface area contributed by atoms with E-state index >= 15 is 0 Å². The third kappa shape index (κ3) is 2.87. The van der Waals surface area contributed by atoms with Crippen molar-refractivity contribution in [3.8, 4) is 11.6 Å². The van der Waals surface area contributed by atoms with Crippen molar-refractivity contribution >= 4 is 21.9 Å². The first-order valence-electron chi connectivity index (χ1n) is 5.20. The van der Waals surface area contributed by atoms with Crippen molar-refractivity contribution in [3.63, 3.8) is 0 Å². The zero-order valence-electron chi connectivity index (χ0n) is 9.55. The number of carboxylic acid groups (broad SMARTS) is 1. The van der Waals surface area contributed by atoms with Crippen LogP contribution in [0.2, 0.25) is 0 Å². The second kappa shape index (κ2) is 5.18. The molecular weight excluding hydrogens is 298 g/mol. The van der Waals surface area contributed by atoms with Crippen LogP contribution in [0.15, 0.2) is 40.9 Å². The number of benzene rings is 1. The SMILES string of the molecule is Cc1ccc(Br)cc1Oc1cccc(C(=O)O)n1. The molecule has 0 unspecified atom stereocenters. The lowest BCUT2D eigenvalue weighted by molar-refractivity contribution is 0.0689. The lowest BCUT2D eigenvalue weighted by Crippen LogP contribution is -2.01. The quantitative estimate of drug-likeness (QED) is 0.940. The van der Waals surface area contributed by atoms with E-state index in [0.29, 0.717) is 5.75 Å². The Kier molecular flexibility index (Phi) is 3.62. The molecule has 1 aromatic carbocycles. The van der Waals surface area contributed by atoms with Crippen molar-refractivity contribution in [2.24, 2.45) is 0 Å². The molecule has 0 amide bonds.